The van der Waals surface area contributed by atoms with Gasteiger partial charge in [-0.15, -0.1) is 0 Å². The molecule has 3 N–H and O–H groups in total. The van der Waals surface area contributed by atoms with Crippen molar-refractivity contribution in [2.75, 3.05) is 25.1 Å². The van der Waals surface area contributed by atoms with Gasteiger partial charge in [0.25, 0.3) is 5.91 Å². The molecule has 1 unspecified atom stereocenters. The first-order valence-electron chi connectivity index (χ1n) is 22.6. The summed E-state index contributed by atoms with van der Waals surface area (Å²) in [5, 5.41) is 4.24. The minimum atomic E-state index is -0.730. The summed E-state index contributed by atoms with van der Waals surface area (Å²) < 4.78 is 9.76. The van der Waals surface area contributed by atoms with Gasteiger partial charge in [-0.25, -0.2) is 44.7 Å². The summed E-state index contributed by atoms with van der Waals surface area (Å²) in [4.78, 5) is 78.1. The van der Waals surface area contributed by atoms with Crippen molar-refractivity contribution in [3.05, 3.63) is 193 Å². The standard InChI is InChI=1S/C29H20N6O2S.C25H23N7O2S/c1-35-17-32-22(18-10-4-2-5-11-18)24(35)29-33-23-26(30-16-31-28(23)38-29)34-27(37)21-15-9-8-14-20(21)25(36)19-12-6-3-7-13-19;1-31(2)25(33)34-20(16-12-8-5-9-13-16)22-29-17(15-10-6-4-7-11-15)19(32(22)3)24-30-18-21(26)27-14-28-23(18)35-24/h2-17H,1H3,(H,30,31,34,37);4-14,20H,1-3H3,(H2,26,27,28). The molecule has 0 aliphatic heterocycles. The number of aromatic nitrogens is 10. The Balaban J connectivity index is 0.000000168. The number of carbonyl (C=O) groups excluding carboxylic acids is 3. The summed E-state index contributed by atoms with van der Waals surface area (Å²) in [6, 6.07) is 44.9. The van der Waals surface area contributed by atoms with Gasteiger partial charge in [-0.1, -0.05) is 162 Å². The van der Waals surface area contributed by atoms with Gasteiger partial charge in [0, 0.05) is 56.0 Å². The Morgan fingerprint density at radius 3 is 1.81 bits per heavy atom. The molecular formula is C54H43N13O4S2. The van der Waals surface area contributed by atoms with Crippen molar-refractivity contribution in [2.45, 2.75) is 6.10 Å². The van der Waals surface area contributed by atoms with Crippen LogP contribution in [0.3, 0.4) is 0 Å². The van der Waals surface area contributed by atoms with E-state index in [2.05, 4.69) is 30.2 Å². The zero-order valence-electron chi connectivity index (χ0n) is 39.6. The summed E-state index contributed by atoms with van der Waals surface area (Å²) in [6.45, 7) is 0. The van der Waals surface area contributed by atoms with Crippen LogP contribution < -0.4 is 11.1 Å². The first kappa shape index (κ1) is 47.4. The first-order valence-corrected chi connectivity index (χ1v) is 24.3. The molecule has 0 spiro atoms. The van der Waals surface area contributed by atoms with E-state index in [4.69, 9.17) is 25.4 Å². The second-order valence-electron chi connectivity index (χ2n) is 16.6. The van der Waals surface area contributed by atoms with Crippen LogP contribution in [0.25, 0.3) is 64.6 Å². The van der Waals surface area contributed by atoms with E-state index in [9.17, 15) is 14.4 Å². The summed E-state index contributed by atoms with van der Waals surface area (Å²) in [5.74, 6) is 0.476. The number of carbonyl (C=O) groups is 3. The quantitative estimate of drug-likeness (QED) is 0.116. The molecule has 17 nitrogen and oxygen atoms in total. The second kappa shape index (κ2) is 20.6. The van der Waals surface area contributed by atoms with Gasteiger partial charge in [-0.05, 0) is 6.07 Å². The molecule has 0 aliphatic rings. The van der Waals surface area contributed by atoms with Crippen molar-refractivity contribution < 1.29 is 19.1 Å². The number of imidazole rings is 2. The lowest BCUT2D eigenvalue weighted by atomic mass is 9.98. The monoisotopic (exact) mass is 1000 g/mol. The molecule has 2 amide bonds. The normalized spacial score (nSPS) is 11.5. The third-order valence-corrected chi connectivity index (χ3v) is 13.5. The Labute approximate surface area is 425 Å². The molecule has 0 radical (unpaired) electrons. The molecule has 0 fully saturated rings. The lowest BCUT2D eigenvalue weighted by Gasteiger charge is -2.20. The van der Waals surface area contributed by atoms with Crippen molar-refractivity contribution in [3.8, 4) is 43.9 Å². The van der Waals surface area contributed by atoms with Crippen LogP contribution in [-0.2, 0) is 18.8 Å². The lowest BCUT2D eigenvalue weighted by molar-refractivity contribution is 0.0864. The van der Waals surface area contributed by atoms with E-state index >= 15 is 0 Å². The Kier molecular flexibility index (Phi) is 13.3. The number of nitrogens with two attached hydrogens (primary N) is 1. The Morgan fingerprint density at radius 1 is 0.616 bits per heavy atom. The maximum absolute atomic E-state index is 13.4. The number of nitrogens with zero attached hydrogens (tertiary/aromatic N) is 11. The van der Waals surface area contributed by atoms with Gasteiger partial charge in [-0.2, -0.15) is 0 Å². The molecule has 1 atom stereocenters. The van der Waals surface area contributed by atoms with E-state index in [1.165, 1.54) is 40.2 Å². The highest BCUT2D eigenvalue weighted by molar-refractivity contribution is 7.21. The molecule has 0 bridgehead atoms. The van der Waals surface area contributed by atoms with Crippen LogP contribution in [0.2, 0.25) is 0 Å². The average Bonchev–Trinajstić information content (AvgIpc) is 4.23. The highest BCUT2D eigenvalue weighted by Gasteiger charge is 2.30. The zero-order chi connectivity index (χ0) is 50.6. The van der Waals surface area contributed by atoms with Gasteiger partial charge in [0.05, 0.1) is 23.3 Å². The van der Waals surface area contributed by atoms with Crippen LogP contribution in [-0.4, -0.2) is 85.8 Å². The van der Waals surface area contributed by atoms with Gasteiger partial charge in [0.15, 0.2) is 29.3 Å². The average molecular weight is 1000 g/mol. The fourth-order valence-corrected chi connectivity index (χ4v) is 10.00. The molecule has 11 rings (SSSR count). The van der Waals surface area contributed by atoms with Crippen molar-refractivity contribution in [1.29, 1.82) is 0 Å². The Hall–Kier alpha value is -9.33. The number of aryl methyl sites for hydroxylation is 1. The van der Waals surface area contributed by atoms with Crippen LogP contribution in [0.4, 0.5) is 16.4 Å². The molecule has 0 aliphatic carbocycles. The molecule has 6 aromatic heterocycles. The van der Waals surface area contributed by atoms with Gasteiger partial charge < -0.3 is 29.8 Å². The number of hydrogen-bond donors (Lipinski definition) is 2. The number of hydrogen-bond acceptors (Lipinski definition) is 15. The molecule has 360 valence electrons. The fraction of sp³-hybridized carbons (Fsp3) is 0.0926. The van der Waals surface area contributed by atoms with Gasteiger partial charge >= 0.3 is 6.09 Å². The van der Waals surface area contributed by atoms with Gasteiger partial charge in [-0.3, -0.25) is 9.59 Å². The minimum absolute atomic E-state index is 0.232. The lowest BCUT2D eigenvalue weighted by Crippen LogP contribution is -2.26. The number of benzene rings is 5. The fourth-order valence-electron chi connectivity index (χ4n) is 8.00. The number of anilines is 2. The van der Waals surface area contributed by atoms with Crippen molar-refractivity contribution in [2.24, 2.45) is 14.1 Å². The van der Waals surface area contributed by atoms with E-state index in [1.807, 2.05) is 120 Å². The maximum atomic E-state index is 13.4. The van der Waals surface area contributed by atoms with Crippen molar-refractivity contribution >= 4 is 72.8 Å². The highest BCUT2D eigenvalue weighted by Crippen LogP contribution is 2.40. The van der Waals surface area contributed by atoms with E-state index in [0.29, 0.717) is 53.5 Å². The van der Waals surface area contributed by atoms with E-state index in [1.54, 1.807) is 69.0 Å². The van der Waals surface area contributed by atoms with Gasteiger partial charge in [0.1, 0.15) is 54.8 Å². The van der Waals surface area contributed by atoms with E-state index < -0.39 is 18.1 Å². The Morgan fingerprint density at radius 2 is 1.16 bits per heavy atom. The second-order valence-corrected chi connectivity index (χ2v) is 18.6. The number of thiazole rings is 2. The molecule has 5 aromatic carbocycles. The smallest absolute Gasteiger partial charge is 0.410 e. The van der Waals surface area contributed by atoms with Crippen LogP contribution in [0, 0.1) is 0 Å². The maximum Gasteiger partial charge on any atom is 0.410 e. The van der Waals surface area contributed by atoms with Crippen LogP contribution >= 0.6 is 22.7 Å². The predicted molar refractivity (Wildman–Crippen MR) is 283 cm³/mol. The predicted octanol–water partition coefficient (Wildman–Crippen LogP) is 10.2. The van der Waals surface area contributed by atoms with Crippen molar-refractivity contribution in [3.63, 3.8) is 0 Å². The summed E-state index contributed by atoms with van der Waals surface area (Å²) >= 11 is 2.80. The summed E-state index contributed by atoms with van der Waals surface area (Å²) in [7, 11) is 7.10. The minimum Gasteiger partial charge on any atom is -0.433 e. The number of rotatable bonds is 11. The van der Waals surface area contributed by atoms with Gasteiger partial charge in [0.2, 0.25) is 0 Å². The SMILES string of the molecule is CN(C)C(=O)OC(c1ccccc1)c1nc(-c2ccccc2)c(-c2nc3c(N)ncnc3s2)n1C.Cn1cnc(-c2ccccc2)c1-c1nc2c(NC(=O)c3ccccc3C(=O)c3ccccc3)ncnc2s1. The number of nitrogens with one attached hydrogen (secondary N) is 1. The first-order chi connectivity index (χ1) is 35.5. The molecule has 0 saturated heterocycles. The van der Waals surface area contributed by atoms with Crippen LogP contribution in [0.5, 0.6) is 0 Å². The van der Waals surface area contributed by atoms with Crippen molar-refractivity contribution in [1.82, 2.24) is 53.9 Å². The number of ketones is 1. The molecule has 11 aromatic rings. The highest BCUT2D eigenvalue weighted by atomic mass is 32.1. The molecule has 6 heterocycles. The van der Waals surface area contributed by atoms with Crippen LogP contribution in [0.1, 0.15) is 43.8 Å². The third kappa shape index (κ3) is 9.64. The van der Waals surface area contributed by atoms with E-state index in [-0.39, 0.29) is 17.2 Å². The van der Waals surface area contributed by atoms with E-state index in [0.717, 1.165) is 39.5 Å². The largest absolute Gasteiger partial charge is 0.433 e. The summed E-state index contributed by atoms with van der Waals surface area (Å²) in [6.07, 6.45) is 3.37. The number of nitrogen functional groups attached to an aromatic ring is 1. The number of fused-ring (bicyclic) bond motifs is 2. The summed E-state index contributed by atoms with van der Waals surface area (Å²) in [5.41, 5.74) is 14.0. The molecule has 19 heteroatoms. The zero-order valence-corrected chi connectivity index (χ0v) is 41.2. The molecule has 0 saturated carbocycles. The third-order valence-electron chi connectivity index (χ3n) is 11.6. The Bertz CT molecular complexity index is 3790. The van der Waals surface area contributed by atoms with Crippen LogP contribution in [0.15, 0.2) is 165 Å². The molecule has 73 heavy (non-hydrogen) atoms. The number of ether oxygens (including phenoxy) is 1. The topological polar surface area (TPSA) is 215 Å². The number of amides is 2. The molecular weight excluding hydrogens is 959 g/mol.